The molecule has 0 fully saturated rings. The van der Waals surface area contributed by atoms with E-state index in [-0.39, 0.29) is 24.1 Å². The molecule has 0 saturated heterocycles. The van der Waals surface area contributed by atoms with Gasteiger partial charge in [-0.15, -0.1) is 5.10 Å². The van der Waals surface area contributed by atoms with E-state index in [4.69, 9.17) is 0 Å². The number of fused-ring (bicyclic) bond motifs is 1. The number of Topliss-reactive ketones (excluding diaryl/α,β-unsaturated/α-hetero) is 1. The largest absolute Gasteiger partial charge is 0.349 e. The molecule has 0 aliphatic rings. The summed E-state index contributed by atoms with van der Waals surface area (Å²) in [7, 11) is 0. The Hall–Kier alpha value is -4.40. The van der Waals surface area contributed by atoms with Crippen LogP contribution in [0.2, 0.25) is 0 Å². The molecular weight excluding hydrogens is 468 g/mol. The van der Waals surface area contributed by atoms with Crippen LogP contribution in [0.3, 0.4) is 0 Å². The highest BCUT2D eigenvalue weighted by molar-refractivity contribution is 6.03. The lowest BCUT2D eigenvalue weighted by Gasteiger charge is -2.34. The van der Waals surface area contributed by atoms with Crippen LogP contribution in [0.15, 0.2) is 73.1 Å². The number of pyridine rings is 1. The quantitative estimate of drug-likeness (QED) is 0.348. The maximum atomic E-state index is 14.0. The Morgan fingerprint density at radius 3 is 2.46 bits per heavy atom. The zero-order valence-corrected chi connectivity index (χ0v) is 21.4. The van der Waals surface area contributed by atoms with Crippen molar-refractivity contribution in [1.29, 1.82) is 0 Å². The van der Waals surface area contributed by atoms with Gasteiger partial charge in [-0.1, -0.05) is 36.4 Å². The molecule has 0 saturated carbocycles. The highest BCUT2D eigenvalue weighted by Gasteiger charge is 2.35. The summed E-state index contributed by atoms with van der Waals surface area (Å²) in [6.45, 7) is 7.15. The van der Waals surface area contributed by atoms with E-state index < -0.39 is 11.6 Å². The van der Waals surface area contributed by atoms with Gasteiger partial charge in [0, 0.05) is 29.2 Å². The number of benzene rings is 2. The van der Waals surface area contributed by atoms with Gasteiger partial charge in [0.25, 0.3) is 0 Å². The highest BCUT2D eigenvalue weighted by Crippen LogP contribution is 2.30. The van der Waals surface area contributed by atoms with Crippen molar-refractivity contribution in [2.75, 3.05) is 4.90 Å². The third-order valence-electron chi connectivity index (χ3n) is 6.38. The summed E-state index contributed by atoms with van der Waals surface area (Å²) in [5.74, 6) is -0.876. The lowest BCUT2D eigenvalue weighted by Crippen LogP contribution is -2.51. The van der Waals surface area contributed by atoms with Gasteiger partial charge in [0.1, 0.15) is 18.1 Å². The fraction of sp³-hybridized carbons (Fsp3) is 0.286. The standard InChI is InChI=1S/C28H30N6O3/c1-5-28(3,4)30-27(37)26(20-13-15-29-16-14-20)34(22-10-8-9-21(17-22)19(2)35)25(36)18-33-24-12-7-6-11-23(24)31-32-33/h6-17,26H,5,18H2,1-4H3,(H,30,37)/t26-/m1/s1. The average molecular weight is 499 g/mol. The lowest BCUT2D eigenvalue weighted by molar-refractivity contribution is -0.128. The molecule has 1 N–H and O–H groups in total. The van der Waals surface area contributed by atoms with E-state index in [1.54, 1.807) is 48.8 Å². The van der Waals surface area contributed by atoms with Gasteiger partial charge in [0.05, 0.1) is 5.52 Å². The van der Waals surface area contributed by atoms with Crippen molar-refractivity contribution >= 4 is 34.3 Å². The molecule has 4 rings (SSSR count). The molecule has 0 spiro atoms. The van der Waals surface area contributed by atoms with Crippen molar-refractivity contribution in [3.8, 4) is 0 Å². The Morgan fingerprint density at radius 2 is 1.76 bits per heavy atom. The van der Waals surface area contributed by atoms with Crippen LogP contribution >= 0.6 is 0 Å². The van der Waals surface area contributed by atoms with Crippen LogP contribution in [0.5, 0.6) is 0 Å². The number of carbonyl (C=O) groups is 3. The van der Waals surface area contributed by atoms with Gasteiger partial charge < -0.3 is 5.32 Å². The molecule has 2 aromatic heterocycles. The monoisotopic (exact) mass is 498 g/mol. The number of aromatic nitrogens is 4. The molecule has 9 heteroatoms. The molecular formula is C28H30N6O3. The topological polar surface area (TPSA) is 110 Å². The molecule has 0 aliphatic heterocycles. The second kappa shape index (κ2) is 10.7. The molecule has 190 valence electrons. The Labute approximate surface area is 215 Å². The zero-order chi connectivity index (χ0) is 26.6. The SMILES string of the molecule is CCC(C)(C)NC(=O)[C@@H](c1ccncc1)N(C(=O)Cn1nnc2ccccc21)c1cccc(C(C)=O)c1. The van der Waals surface area contributed by atoms with Crippen molar-refractivity contribution < 1.29 is 14.4 Å². The summed E-state index contributed by atoms with van der Waals surface area (Å²) in [5, 5.41) is 11.4. The highest BCUT2D eigenvalue weighted by atomic mass is 16.2. The number of amides is 2. The predicted molar refractivity (Wildman–Crippen MR) is 141 cm³/mol. The smallest absolute Gasteiger partial charge is 0.249 e. The van der Waals surface area contributed by atoms with Crippen LogP contribution in [-0.4, -0.2) is 43.1 Å². The maximum Gasteiger partial charge on any atom is 0.249 e. The van der Waals surface area contributed by atoms with Crippen molar-refractivity contribution in [2.24, 2.45) is 0 Å². The van der Waals surface area contributed by atoms with Gasteiger partial charge in [-0.05, 0) is 69.2 Å². The minimum Gasteiger partial charge on any atom is -0.349 e. The van der Waals surface area contributed by atoms with Crippen molar-refractivity contribution in [1.82, 2.24) is 25.3 Å². The first kappa shape index (κ1) is 25.7. The minimum absolute atomic E-state index is 0.145. The lowest BCUT2D eigenvalue weighted by atomic mass is 9.98. The molecule has 4 aromatic rings. The van der Waals surface area contributed by atoms with Crippen LogP contribution < -0.4 is 10.2 Å². The van der Waals surface area contributed by atoms with Crippen LogP contribution in [0, 0.1) is 0 Å². The van der Waals surface area contributed by atoms with Crippen LogP contribution in [0.1, 0.15) is 56.1 Å². The summed E-state index contributed by atoms with van der Waals surface area (Å²) >= 11 is 0. The van der Waals surface area contributed by atoms with Crippen molar-refractivity contribution in [2.45, 2.75) is 52.2 Å². The van der Waals surface area contributed by atoms with Gasteiger partial charge in [0.2, 0.25) is 11.8 Å². The number of para-hydroxylation sites is 1. The number of ketones is 1. The van der Waals surface area contributed by atoms with Crippen molar-refractivity contribution in [3.63, 3.8) is 0 Å². The molecule has 0 unspecified atom stereocenters. The molecule has 0 radical (unpaired) electrons. The third-order valence-corrected chi connectivity index (χ3v) is 6.38. The molecule has 1 atom stereocenters. The second-order valence-electron chi connectivity index (χ2n) is 9.52. The summed E-state index contributed by atoms with van der Waals surface area (Å²) in [6.07, 6.45) is 3.86. The summed E-state index contributed by atoms with van der Waals surface area (Å²) in [5.41, 5.74) is 2.31. The first-order valence-corrected chi connectivity index (χ1v) is 12.1. The Bertz CT molecular complexity index is 1430. The second-order valence-corrected chi connectivity index (χ2v) is 9.52. The fourth-order valence-electron chi connectivity index (χ4n) is 4.00. The minimum atomic E-state index is -1.02. The predicted octanol–water partition coefficient (Wildman–Crippen LogP) is 4.11. The number of rotatable bonds is 9. The third kappa shape index (κ3) is 5.72. The van der Waals surface area contributed by atoms with Crippen LogP contribution in [-0.2, 0) is 16.1 Å². The van der Waals surface area contributed by atoms with E-state index in [1.165, 1.54) is 16.5 Å². The first-order valence-electron chi connectivity index (χ1n) is 12.1. The first-order chi connectivity index (χ1) is 17.7. The van der Waals surface area contributed by atoms with Crippen LogP contribution in [0.4, 0.5) is 5.69 Å². The molecule has 2 amide bonds. The van der Waals surface area contributed by atoms with Crippen molar-refractivity contribution in [3.05, 3.63) is 84.2 Å². The van der Waals surface area contributed by atoms with Crippen LogP contribution in [0.25, 0.3) is 11.0 Å². The summed E-state index contributed by atoms with van der Waals surface area (Å²) in [6, 6.07) is 16.5. The Morgan fingerprint density at radius 1 is 1.03 bits per heavy atom. The van der Waals surface area contributed by atoms with Gasteiger partial charge in [-0.2, -0.15) is 0 Å². The van der Waals surface area contributed by atoms with E-state index in [0.29, 0.717) is 34.3 Å². The number of nitrogens with one attached hydrogen (secondary N) is 1. The van der Waals surface area contributed by atoms with E-state index in [9.17, 15) is 14.4 Å². The summed E-state index contributed by atoms with van der Waals surface area (Å²) in [4.78, 5) is 45.6. The summed E-state index contributed by atoms with van der Waals surface area (Å²) < 4.78 is 1.51. The Kier molecular flexibility index (Phi) is 7.42. The number of nitrogens with zero attached hydrogens (tertiary/aromatic N) is 5. The Balaban J connectivity index is 1.84. The van der Waals surface area contributed by atoms with Gasteiger partial charge in [-0.3, -0.25) is 24.3 Å². The fourth-order valence-corrected chi connectivity index (χ4v) is 4.00. The molecule has 2 aromatic carbocycles. The van der Waals surface area contributed by atoms with E-state index in [1.807, 2.05) is 45.0 Å². The average Bonchev–Trinajstić information content (AvgIpc) is 3.30. The number of hydrogen-bond acceptors (Lipinski definition) is 6. The van der Waals surface area contributed by atoms with Gasteiger partial charge in [0.15, 0.2) is 5.78 Å². The molecule has 9 nitrogen and oxygen atoms in total. The molecule has 0 aliphatic carbocycles. The molecule has 0 bridgehead atoms. The normalized spacial score (nSPS) is 12.2. The number of anilines is 1. The number of hydrogen-bond donors (Lipinski definition) is 1. The maximum absolute atomic E-state index is 14.0. The van der Waals surface area contributed by atoms with Gasteiger partial charge >= 0.3 is 0 Å². The molecule has 2 heterocycles. The zero-order valence-electron chi connectivity index (χ0n) is 21.4. The van der Waals surface area contributed by atoms with E-state index in [2.05, 4.69) is 20.6 Å². The van der Waals surface area contributed by atoms with E-state index in [0.717, 1.165) is 0 Å². The van der Waals surface area contributed by atoms with E-state index >= 15 is 0 Å². The van der Waals surface area contributed by atoms with Gasteiger partial charge in [-0.25, -0.2) is 4.68 Å². The number of carbonyl (C=O) groups excluding carboxylic acids is 3. The molecule has 37 heavy (non-hydrogen) atoms.